The molecule has 0 amide bonds. The summed E-state index contributed by atoms with van der Waals surface area (Å²) >= 11 is 1.66. The van der Waals surface area contributed by atoms with E-state index in [-0.39, 0.29) is 0 Å². The zero-order chi connectivity index (χ0) is 12.5. The van der Waals surface area contributed by atoms with Gasteiger partial charge >= 0.3 is 0 Å². The van der Waals surface area contributed by atoms with Gasteiger partial charge in [-0.05, 0) is 43.2 Å². The summed E-state index contributed by atoms with van der Waals surface area (Å²) < 4.78 is 1.21. The van der Waals surface area contributed by atoms with Crippen LogP contribution in [0.15, 0.2) is 36.7 Å². The number of aryl methyl sites for hydroxylation is 2. The number of pyridine rings is 1. The topological polar surface area (TPSA) is 37.8 Å². The van der Waals surface area contributed by atoms with Gasteiger partial charge in [0.25, 0.3) is 0 Å². The van der Waals surface area contributed by atoms with Gasteiger partial charge in [0.2, 0.25) is 0 Å². The lowest BCUT2D eigenvalue weighted by Crippen LogP contribution is -1.90. The Kier molecular flexibility index (Phi) is 2.72. The summed E-state index contributed by atoms with van der Waals surface area (Å²) in [4.78, 5) is 8.72. The first-order chi connectivity index (χ1) is 8.70. The van der Waals surface area contributed by atoms with E-state index in [1.54, 1.807) is 11.3 Å². The Morgan fingerprint density at radius 2 is 1.94 bits per heavy atom. The van der Waals surface area contributed by atoms with Crippen molar-refractivity contribution in [2.75, 3.05) is 5.32 Å². The molecule has 0 bridgehead atoms. The molecule has 18 heavy (non-hydrogen) atoms. The van der Waals surface area contributed by atoms with Gasteiger partial charge in [-0.1, -0.05) is 17.4 Å². The molecule has 0 radical (unpaired) electrons. The van der Waals surface area contributed by atoms with E-state index >= 15 is 0 Å². The monoisotopic (exact) mass is 255 g/mol. The molecule has 4 heteroatoms. The molecule has 0 saturated heterocycles. The first-order valence-corrected chi connectivity index (χ1v) is 6.58. The molecule has 1 aromatic carbocycles. The average molecular weight is 255 g/mol. The summed E-state index contributed by atoms with van der Waals surface area (Å²) in [5.41, 5.74) is 4.41. The van der Waals surface area contributed by atoms with Crippen LogP contribution in [0.2, 0.25) is 0 Å². The molecule has 3 nitrogen and oxygen atoms in total. The highest BCUT2D eigenvalue weighted by Gasteiger charge is 2.04. The Hall–Kier alpha value is -1.94. The number of aromatic nitrogens is 2. The third-order valence-electron chi connectivity index (χ3n) is 2.67. The molecule has 0 atom stereocenters. The van der Waals surface area contributed by atoms with Crippen molar-refractivity contribution < 1.29 is 0 Å². The maximum Gasteiger partial charge on any atom is 0.188 e. The van der Waals surface area contributed by atoms with Crippen molar-refractivity contribution >= 4 is 32.4 Å². The molecule has 2 heterocycles. The Balaban J connectivity index is 1.95. The number of fused-ring (bicyclic) bond motifs is 1. The van der Waals surface area contributed by atoms with E-state index in [2.05, 4.69) is 46.5 Å². The summed E-state index contributed by atoms with van der Waals surface area (Å²) in [6.45, 7) is 4.12. The Morgan fingerprint density at radius 3 is 2.78 bits per heavy atom. The van der Waals surface area contributed by atoms with E-state index in [4.69, 9.17) is 0 Å². The fourth-order valence-electron chi connectivity index (χ4n) is 1.83. The van der Waals surface area contributed by atoms with E-state index < -0.39 is 0 Å². The zero-order valence-corrected chi connectivity index (χ0v) is 11.1. The van der Waals surface area contributed by atoms with Crippen LogP contribution in [-0.4, -0.2) is 9.97 Å². The average Bonchev–Trinajstić information content (AvgIpc) is 2.70. The third kappa shape index (κ3) is 2.19. The molecule has 0 aliphatic rings. The van der Waals surface area contributed by atoms with Gasteiger partial charge in [0.1, 0.15) is 0 Å². The molecule has 0 unspecified atom stereocenters. The van der Waals surface area contributed by atoms with Crippen LogP contribution in [0.3, 0.4) is 0 Å². The second-order valence-electron chi connectivity index (χ2n) is 4.37. The van der Waals surface area contributed by atoms with Crippen molar-refractivity contribution in [1.82, 2.24) is 9.97 Å². The standard InChI is InChI=1S/C14H13N3S/c1-9-3-4-12-13(6-9)18-14(17-12)16-11-5-10(2)7-15-8-11/h3-8H,1-2H3,(H,16,17). The van der Waals surface area contributed by atoms with Gasteiger partial charge in [0.05, 0.1) is 22.1 Å². The van der Waals surface area contributed by atoms with Gasteiger partial charge in [-0.2, -0.15) is 0 Å². The van der Waals surface area contributed by atoms with E-state index in [9.17, 15) is 0 Å². The van der Waals surface area contributed by atoms with E-state index in [0.29, 0.717) is 0 Å². The first kappa shape index (κ1) is 11.2. The van der Waals surface area contributed by atoms with Crippen LogP contribution in [0.25, 0.3) is 10.2 Å². The van der Waals surface area contributed by atoms with Crippen molar-refractivity contribution in [3.05, 3.63) is 47.8 Å². The summed E-state index contributed by atoms with van der Waals surface area (Å²) in [5.74, 6) is 0. The second kappa shape index (κ2) is 4.38. The number of hydrogen-bond donors (Lipinski definition) is 1. The molecule has 3 aromatic rings. The lowest BCUT2D eigenvalue weighted by atomic mass is 10.2. The Bertz CT molecular complexity index is 703. The SMILES string of the molecule is Cc1cncc(Nc2nc3ccc(C)cc3s2)c1. The maximum absolute atomic E-state index is 4.56. The molecule has 90 valence electrons. The minimum Gasteiger partial charge on any atom is -0.330 e. The number of benzene rings is 1. The van der Waals surface area contributed by atoms with Crippen molar-refractivity contribution in [3.63, 3.8) is 0 Å². The molecule has 0 spiro atoms. The lowest BCUT2D eigenvalue weighted by Gasteiger charge is -2.01. The van der Waals surface area contributed by atoms with Gasteiger partial charge in [0.15, 0.2) is 5.13 Å². The summed E-state index contributed by atoms with van der Waals surface area (Å²) in [5, 5.41) is 4.20. The Morgan fingerprint density at radius 1 is 1.06 bits per heavy atom. The quantitative estimate of drug-likeness (QED) is 0.750. The molecule has 0 aliphatic heterocycles. The molecule has 3 rings (SSSR count). The summed E-state index contributed by atoms with van der Waals surface area (Å²) in [6.07, 6.45) is 3.65. The molecule has 0 fully saturated rings. The fraction of sp³-hybridized carbons (Fsp3) is 0.143. The van der Waals surface area contributed by atoms with Crippen LogP contribution >= 0.6 is 11.3 Å². The first-order valence-electron chi connectivity index (χ1n) is 5.76. The number of hydrogen-bond acceptors (Lipinski definition) is 4. The van der Waals surface area contributed by atoms with Gasteiger partial charge in [-0.25, -0.2) is 4.98 Å². The van der Waals surface area contributed by atoms with Crippen molar-refractivity contribution in [2.24, 2.45) is 0 Å². The van der Waals surface area contributed by atoms with Crippen LogP contribution in [0.1, 0.15) is 11.1 Å². The highest BCUT2D eigenvalue weighted by molar-refractivity contribution is 7.22. The minimum atomic E-state index is 0.906. The third-order valence-corrected chi connectivity index (χ3v) is 3.60. The van der Waals surface area contributed by atoms with Crippen molar-refractivity contribution in [2.45, 2.75) is 13.8 Å². The Labute approximate surface area is 110 Å². The summed E-state index contributed by atoms with van der Waals surface area (Å²) in [7, 11) is 0. The second-order valence-corrected chi connectivity index (χ2v) is 5.40. The molecular weight excluding hydrogens is 242 g/mol. The zero-order valence-electron chi connectivity index (χ0n) is 10.3. The number of anilines is 2. The number of thiazole rings is 1. The highest BCUT2D eigenvalue weighted by Crippen LogP contribution is 2.28. The van der Waals surface area contributed by atoms with Crippen LogP contribution < -0.4 is 5.32 Å². The predicted molar refractivity (Wildman–Crippen MR) is 76.6 cm³/mol. The van der Waals surface area contributed by atoms with Crippen LogP contribution in [0, 0.1) is 13.8 Å². The highest BCUT2D eigenvalue weighted by atomic mass is 32.1. The number of nitrogens with one attached hydrogen (secondary N) is 1. The number of nitrogens with zero attached hydrogens (tertiary/aromatic N) is 2. The number of rotatable bonds is 2. The van der Waals surface area contributed by atoms with Gasteiger partial charge in [-0.3, -0.25) is 4.98 Å². The normalized spacial score (nSPS) is 10.8. The molecular formula is C14H13N3S. The van der Waals surface area contributed by atoms with Gasteiger partial charge < -0.3 is 5.32 Å². The smallest absolute Gasteiger partial charge is 0.188 e. The lowest BCUT2D eigenvalue weighted by molar-refractivity contribution is 1.26. The van der Waals surface area contributed by atoms with Crippen LogP contribution in [0.5, 0.6) is 0 Å². The van der Waals surface area contributed by atoms with E-state index in [1.807, 2.05) is 19.3 Å². The van der Waals surface area contributed by atoms with E-state index in [0.717, 1.165) is 21.9 Å². The molecule has 0 aliphatic carbocycles. The fourth-order valence-corrected chi connectivity index (χ4v) is 2.82. The van der Waals surface area contributed by atoms with Gasteiger partial charge in [0, 0.05) is 6.20 Å². The largest absolute Gasteiger partial charge is 0.330 e. The maximum atomic E-state index is 4.56. The van der Waals surface area contributed by atoms with Crippen molar-refractivity contribution in [1.29, 1.82) is 0 Å². The van der Waals surface area contributed by atoms with Crippen LogP contribution in [0.4, 0.5) is 10.8 Å². The van der Waals surface area contributed by atoms with Crippen molar-refractivity contribution in [3.8, 4) is 0 Å². The predicted octanol–water partition coefficient (Wildman–Crippen LogP) is 4.05. The minimum absolute atomic E-state index is 0.906. The van der Waals surface area contributed by atoms with Crippen LogP contribution in [-0.2, 0) is 0 Å². The summed E-state index contributed by atoms with van der Waals surface area (Å²) in [6, 6.07) is 8.36. The molecule has 2 aromatic heterocycles. The molecule has 1 N–H and O–H groups in total. The molecule has 0 saturated carbocycles. The van der Waals surface area contributed by atoms with E-state index in [1.165, 1.54) is 10.3 Å². The van der Waals surface area contributed by atoms with Gasteiger partial charge in [-0.15, -0.1) is 0 Å².